The van der Waals surface area contributed by atoms with Crippen LogP contribution in [0.3, 0.4) is 0 Å². The third kappa shape index (κ3) is 2.77. The molecule has 0 aromatic carbocycles. The van der Waals surface area contributed by atoms with E-state index in [0.29, 0.717) is 11.6 Å². The minimum atomic E-state index is -0.704. The molecular formula is C12H14N2O3S. The lowest BCUT2D eigenvalue weighted by Crippen LogP contribution is -2.28. The third-order valence-electron chi connectivity index (χ3n) is 2.49. The Bertz CT molecular complexity index is 534. The minimum absolute atomic E-state index is 0.148. The predicted molar refractivity (Wildman–Crippen MR) is 67.6 cm³/mol. The second-order valence-corrected chi connectivity index (χ2v) is 4.71. The number of aliphatic hydroxyl groups is 1. The average Bonchev–Trinajstić information content (AvgIpc) is 2.95. The maximum atomic E-state index is 11.8. The zero-order valence-corrected chi connectivity index (χ0v) is 11.0. The molecule has 5 nitrogen and oxygen atoms in total. The summed E-state index contributed by atoms with van der Waals surface area (Å²) in [5.74, 6) is 0.295. The van der Waals surface area contributed by atoms with Gasteiger partial charge in [0.1, 0.15) is 0 Å². The summed E-state index contributed by atoms with van der Waals surface area (Å²) in [5.41, 5.74) is 1.35. The van der Waals surface area contributed by atoms with Gasteiger partial charge >= 0.3 is 0 Å². The molecule has 1 unspecified atom stereocenters. The van der Waals surface area contributed by atoms with Crippen LogP contribution in [0.2, 0.25) is 0 Å². The molecule has 2 aromatic heterocycles. The Labute approximate surface area is 108 Å². The fraction of sp³-hybridized carbons (Fsp3) is 0.333. The normalized spacial score (nSPS) is 12.4. The number of nitrogens with one attached hydrogen (secondary N) is 1. The van der Waals surface area contributed by atoms with Crippen molar-refractivity contribution < 1.29 is 14.3 Å². The molecule has 0 bridgehead atoms. The number of thiophene rings is 1. The van der Waals surface area contributed by atoms with Crippen LogP contribution in [0.1, 0.15) is 33.8 Å². The maximum absolute atomic E-state index is 11.8. The Morgan fingerprint density at radius 1 is 1.61 bits per heavy atom. The van der Waals surface area contributed by atoms with Crippen LogP contribution in [0.25, 0.3) is 0 Å². The predicted octanol–water partition coefficient (Wildman–Crippen LogP) is 1.82. The van der Waals surface area contributed by atoms with Crippen molar-refractivity contribution in [3.63, 3.8) is 0 Å². The van der Waals surface area contributed by atoms with Gasteiger partial charge in [0.25, 0.3) is 5.91 Å². The van der Waals surface area contributed by atoms with E-state index >= 15 is 0 Å². The highest BCUT2D eigenvalue weighted by molar-refractivity contribution is 7.07. The van der Waals surface area contributed by atoms with Crippen LogP contribution in [0.15, 0.2) is 21.2 Å². The summed E-state index contributed by atoms with van der Waals surface area (Å²) in [4.78, 5) is 15.8. The highest BCUT2D eigenvalue weighted by atomic mass is 32.1. The van der Waals surface area contributed by atoms with Crippen molar-refractivity contribution >= 4 is 17.2 Å². The van der Waals surface area contributed by atoms with Gasteiger partial charge in [-0.2, -0.15) is 11.3 Å². The zero-order chi connectivity index (χ0) is 13.1. The van der Waals surface area contributed by atoms with Crippen molar-refractivity contribution in [3.05, 3.63) is 39.7 Å². The van der Waals surface area contributed by atoms with Crippen LogP contribution in [0.4, 0.5) is 0 Å². The molecule has 0 saturated heterocycles. The fourth-order valence-electron chi connectivity index (χ4n) is 1.59. The van der Waals surface area contributed by atoms with Crippen molar-refractivity contribution in [2.45, 2.75) is 20.0 Å². The van der Waals surface area contributed by atoms with E-state index in [1.165, 1.54) is 11.3 Å². The molecule has 6 heteroatoms. The zero-order valence-electron chi connectivity index (χ0n) is 10.1. The lowest BCUT2D eigenvalue weighted by atomic mass is 10.2. The topological polar surface area (TPSA) is 75.4 Å². The van der Waals surface area contributed by atoms with Gasteiger partial charge in [-0.15, -0.1) is 0 Å². The molecule has 0 aliphatic carbocycles. The largest absolute Gasteiger partial charge is 0.436 e. The Kier molecular flexibility index (Phi) is 3.78. The summed E-state index contributed by atoms with van der Waals surface area (Å²) >= 11 is 1.50. The molecule has 1 atom stereocenters. The highest BCUT2D eigenvalue weighted by Crippen LogP contribution is 2.15. The van der Waals surface area contributed by atoms with E-state index in [1.54, 1.807) is 13.8 Å². The van der Waals surface area contributed by atoms with E-state index in [1.807, 2.05) is 16.8 Å². The minimum Gasteiger partial charge on any atom is -0.436 e. The van der Waals surface area contributed by atoms with Gasteiger partial charge in [0.2, 0.25) is 5.76 Å². The number of carbonyl (C=O) groups excluding carboxylic acids is 1. The summed E-state index contributed by atoms with van der Waals surface area (Å²) in [5, 5.41) is 16.2. The lowest BCUT2D eigenvalue weighted by molar-refractivity contribution is 0.0887. The summed E-state index contributed by atoms with van der Waals surface area (Å²) in [7, 11) is 0. The molecule has 0 aliphatic rings. The lowest BCUT2D eigenvalue weighted by Gasteiger charge is -2.09. The molecule has 2 N–H and O–H groups in total. The summed E-state index contributed by atoms with van der Waals surface area (Å²) < 4.78 is 5.20. The molecule has 96 valence electrons. The molecule has 0 spiro atoms. The monoisotopic (exact) mass is 266 g/mol. The Morgan fingerprint density at radius 2 is 2.39 bits per heavy atom. The number of oxazole rings is 1. The second kappa shape index (κ2) is 5.32. The standard InChI is InChI=1S/C12H14N2O3S/c1-7-11(17-8(2)14-7)12(16)13-5-10(15)9-3-4-18-6-9/h3-4,6,10,15H,5H2,1-2H3,(H,13,16). The Hall–Kier alpha value is -1.66. The second-order valence-electron chi connectivity index (χ2n) is 3.93. The highest BCUT2D eigenvalue weighted by Gasteiger charge is 2.17. The molecule has 2 rings (SSSR count). The molecule has 1 amide bonds. The molecule has 2 heterocycles. The van der Waals surface area contributed by atoms with Gasteiger partial charge in [-0.05, 0) is 29.3 Å². The number of amides is 1. The number of aliphatic hydroxyl groups excluding tert-OH is 1. The maximum Gasteiger partial charge on any atom is 0.289 e. The number of rotatable bonds is 4. The fourth-order valence-corrected chi connectivity index (χ4v) is 2.30. The number of aromatic nitrogens is 1. The van der Waals surface area contributed by atoms with E-state index in [9.17, 15) is 9.90 Å². The third-order valence-corrected chi connectivity index (χ3v) is 3.20. The van der Waals surface area contributed by atoms with E-state index in [-0.39, 0.29) is 18.2 Å². The van der Waals surface area contributed by atoms with E-state index in [4.69, 9.17) is 4.42 Å². The van der Waals surface area contributed by atoms with Gasteiger partial charge in [0.15, 0.2) is 5.89 Å². The van der Waals surface area contributed by atoms with Crippen LogP contribution in [-0.2, 0) is 0 Å². The van der Waals surface area contributed by atoms with Crippen LogP contribution < -0.4 is 5.32 Å². The van der Waals surface area contributed by atoms with Gasteiger partial charge in [-0.25, -0.2) is 4.98 Å². The molecule has 0 fully saturated rings. The smallest absolute Gasteiger partial charge is 0.289 e. The molecule has 0 saturated carbocycles. The number of hydrogen-bond donors (Lipinski definition) is 2. The van der Waals surface area contributed by atoms with Crippen molar-refractivity contribution in [1.29, 1.82) is 0 Å². The van der Waals surface area contributed by atoms with Crippen LogP contribution in [0, 0.1) is 13.8 Å². The van der Waals surface area contributed by atoms with E-state index < -0.39 is 6.10 Å². The first kappa shape index (κ1) is 12.8. The van der Waals surface area contributed by atoms with Gasteiger partial charge in [-0.3, -0.25) is 4.79 Å². The number of hydrogen-bond acceptors (Lipinski definition) is 5. The van der Waals surface area contributed by atoms with Crippen LogP contribution in [0.5, 0.6) is 0 Å². The first-order valence-electron chi connectivity index (χ1n) is 5.50. The van der Waals surface area contributed by atoms with E-state index in [2.05, 4.69) is 10.3 Å². The average molecular weight is 266 g/mol. The quantitative estimate of drug-likeness (QED) is 0.885. The van der Waals surface area contributed by atoms with Gasteiger partial charge < -0.3 is 14.8 Å². The van der Waals surface area contributed by atoms with Gasteiger partial charge in [0.05, 0.1) is 11.8 Å². The summed E-state index contributed by atoms with van der Waals surface area (Å²) in [6.45, 7) is 3.54. The van der Waals surface area contributed by atoms with Crippen molar-refractivity contribution in [1.82, 2.24) is 10.3 Å². The summed E-state index contributed by atoms with van der Waals surface area (Å²) in [6, 6.07) is 1.82. The molecule has 2 aromatic rings. The number of nitrogens with zero attached hydrogens (tertiary/aromatic N) is 1. The molecule has 0 aliphatic heterocycles. The van der Waals surface area contributed by atoms with Gasteiger partial charge in [0, 0.05) is 13.5 Å². The van der Waals surface area contributed by atoms with Gasteiger partial charge in [-0.1, -0.05) is 0 Å². The molecule has 0 radical (unpaired) electrons. The van der Waals surface area contributed by atoms with Crippen molar-refractivity contribution in [2.24, 2.45) is 0 Å². The number of aryl methyl sites for hydroxylation is 2. The van der Waals surface area contributed by atoms with Crippen molar-refractivity contribution in [2.75, 3.05) is 6.54 Å². The first-order valence-corrected chi connectivity index (χ1v) is 6.44. The SMILES string of the molecule is Cc1nc(C)c(C(=O)NCC(O)c2ccsc2)o1. The van der Waals surface area contributed by atoms with Crippen LogP contribution in [-0.4, -0.2) is 22.5 Å². The Balaban J connectivity index is 1.94. The van der Waals surface area contributed by atoms with Crippen molar-refractivity contribution in [3.8, 4) is 0 Å². The number of carbonyl (C=O) groups is 1. The summed E-state index contributed by atoms with van der Waals surface area (Å²) in [6.07, 6.45) is -0.704. The molecular weight excluding hydrogens is 252 g/mol. The van der Waals surface area contributed by atoms with E-state index in [0.717, 1.165) is 5.56 Å². The van der Waals surface area contributed by atoms with Crippen LogP contribution >= 0.6 is 11.3 Å². The molecule has 18 heavy (non-hydrogen) atoms. The first-order chi connectivity index (χ1) is 8.58. The Morgan fingerprint density at radius 3 is 2.94 bits per heavy atom.